The number of benzene rings is 1. The van der Waals surface area contributed by atoms with E-state index in [1.807, 2.05) is 29.6 Å². The number of nitrogens with zero attached hydrogens (tertiary/aromatic N) is 2. The number of carbonyl (C=O) groups excluding carboxylic acids is 2. The van der Waals surface area contributed by atoms with Crippen LogP contribution in [0.4, 0.5) is 0 Å². The molecule has 0 aliphatic carbocycles. The average molecular weight is 441 g/mol. The molecule has 1 aromatic heterocycles. The molecule has 31 heavy (non-hydrogen) atoms. The number of thiophene rings is 1. The number of morpholine rings is 1. The Kier molecular flexibility index (Phi) is 6.85. The minimum atomic E-state index is -0.572. The van der Waals surface area contributed by atoms with Crippen molar-refractivity contribution < 1.29 is 19.4 Å². The van der Waals surface area contributed by atoms with Gasteiger partial charge in [0.25, 0.3) is 5.91 Å². The van der Waals surface area contributed by atoms with Gasteiger partial charge in [-0.05, 0) is 35.4 Å². The first-order chi connectivity index (χ1) is 15.1. The Morgan fingerprint density at radius 2 is 1.90 bits per heavy atom. The molecule has 6 nitrogen and oxygen atoms in total. The predicted molar refractivity (Wildman–Crippen MR) is 120 cm³/mol. The van der Waals surface area contributed by atoms with Gasteiger partial charge in [-0.2, -0.15) is 0 Å². The van der Waals surface area contributed by atoms with Crippen LogP contribution in [-0.4, -0.2) is 66.0 Å². The molecule has 1 saturated heterocycles. The first-order valence-electron chi connectivity index (χ1n) is 10.8. The molecule has 4 rings (SSSR count). The van der Waals surface area contributed by atoms with Crippen LogP contribution in [0.3, 0.4) is 0 Å². The number of carbonyl (C=O) groups is 2. The topological polar surface area (TPSA) is 70.1 Å². The van der Waals surface area contributed by atoms with Crippen molar-refractivity contribution in [2.45, 2.75) is 25.8 Å². The predicted octanol–water partition coefficient (Wildman–Crippen LogP) is 3.61. The number of hydrogen-bond donors (Lipinski definition) is 1. The summed E-state index contributed by atoms with van der Waals surface area (Å²) in [5.41, 5.74) is 2.22. The summed E-state index contributed by atoms with van der Waals surface area (Å²) in [5.74, 6) is -1.16. The average Bonchev–Trinajstić information content (AvgIpc) is 3.43. The lowest BCUT2D eigenvalue weighted by Crippen LogP contribution is -2.39. The standard InChI is InChI=1S/C24H28N2O4S/c1-2-17-6-8-18(9-7-17)21-20(22(27)19-5-3-16-31-19)23(28)24(29)26(21)11-4-10-25-12-14-30-15-13-25/h3,5-9,16,21,28H,2,4,10-15H2,1H3/t21-/m0/s1. The second-order valence-electron chi connectivity index (χ2n) is 7.87. The van der Waals surface area contributed by atoms with Crippen LogP contribution >= 0.6 is 11.3 Å². The summed E-state index contributed by atoms with van der Waals surface area (Å²) in [6.07, 6.45) is 1.68. The Bertz CT molecular complexity index is 946. The lowest BCUT2D eigenvalue weighted by Gasteiger charge is -2.30. The van der Waals surface area contributed by atoms with Gasteiger partial charge in [0.1, 0.15) is 0 Å². The van der Waals surface area contributed by atoms with E-state index in [1.54, 1.807) is 17.0 Å². The van der Waals surface area contributed by atoms with Gasteiger partial charge in [0, 0.05) is 26.2 Å². The van der Waals surface area contributed by atoms with Crippen LogP contribution in [0.1, 0.15) is 40.2 Å². The molecule has 1 atom stereocenters. The number of aryl methyl sites for hydroxylation is 1. The minimum absolute atomic E-state index is 0.183. The van der Waals surface area contributed by atoms with Gasteiger partial charge < -0.3 is 14.7 Å². The smallest absolute Gasteiger partial charge is 0.290 e. The van der Waals surface area contributed by atoms with Gasteiger partial charge in [0.2, 0.25) is 5.78 Å². The van der Waals surface area contributed by atoms with Crippen molar-refractivity contribution in [2.24, 2.45) is 0 Å². The SMILES string of the molecule is CCc1ccc([C@H]2C(C(=O)c3cccs3)=C(O)C(=O)N2CCCN2CCOCC2)cc1. The Morgan fingerprint density at radius 1 is 1.16 bits per heavy atom. The van der Waals surface area contributed by atoms with Gasteiger partial charge in [0.15, 0.2) is 5.76 Å². The van der Waals surface area contributed by atoms with E-state index in [-0.39, 0.29) is 11.4 Å². The van der Waals surface area contributed by atoms with Crippen LogP contribution < -0.4 is 0 Å². The molecule has 2 aromatic rings. The number of Topliss-reactive ketones (excluding diaryl/α,β-unsaturated/α-hetero) is 1. The summed E-state index contributed by atoms with van der Waals surface area (Å²) in [4.78, 5) is 30.7. The van der Waals surface area contributed by atoms with Crippen molar-refractivity contribution in [3.05, 3.63) is 69.1 Å². The zero-order valence-corrected chi connectivity index (χ0v) is 18.6. The highest BCUT2D eigenvalue weighted by Gasteiger charge is 2.43. The molecule has 0 radical (unpaired) electrons. The highest BCUT2D eigenvalue weighted by Crippen LogP contribution is 2.39. The molecule has 0 unspecified atom stereocenters. The molecule has 164 valence electrons. The maximum absolute atomic E-state index is 13.2. The molecule has 1 amide bonds. The Balaban J connectivity index is 1.59. The zero-order chi connectivity index (χ0) is 21.8. The molecule has 2 aliphatic rings. The fourth-order valence-electron chi connectivity index (χ4n) is 4.23. The normalized spacial score (nSPS) is 20.0. The highest BCUT2D eigenvalue weighted by molar-refractivity contribution is 7.12. The molecular weight excluding hydrogens is 412 g/mol. The third-order valence-electron chi connectivity index (χ3n) is 5.97. The first kappa shape index (κ1) is 21.7. The molecule has 1 aromatic carbocycles. The van der Waals surface area contributed by atoms with E-state index in [0.717, 1.165) is 51.3 Å². The lowest BCUT2D eigenvalue weighted by molar-refractivity contribution is -0.129. The fraction of sp³-hybridized carbons (Fsp3) is 0.417. The van der Waals surface area contributed by atoms with Crippen LogP contribution in [0.25, 0.3) is 0 Å². The molecule has 2 aliphatic heterocycles. The van der Waals surface area contributed by atoms with Crippen LogP contribution in [0, 0.1) is 0 Å². The number of aliphatic hydroxyl groups excluding tert-OH is 1. The summed E-state index contributed by atoms with van der Waals surface area (Å²) in [6, 6.07) is 10.9. The third-order valence-corrected chi connectivity index (χ3v) is 6.84. The molecular formula is C24H28N2O4S. The maximum atomic E-state index is 13.2. The molecule has 0 bridgehead atoms. The van der Waals surface area contributed by atoms with Gasteiger partial charge in [-0.15, -0.1) is 11.3 Å². The van der Waals surface area contributed by atoms with E-state index in [2.05, 4.69) is 11.8 Å². The van der Waals surface area contributed by atoms with E-state index in [0.29, 0.717) is 11.4 Å². The third kappa shape index (κ3) is 4.59. The number of ketones is 1. The van der Waals surface area contributed by atoms with Crippen LogP contribution in [0.15, 0.2) is 53.1 Å². The van der Waals surface area contributed by atoms with Gasteiger partial charge in [-0.3, -0.25) is 14.5 Å². The van der Waals surface area contributed by atoms with Gasteiger partial charge in [0.05, 0.1) is 29.7 Å². The van der Waals surface area contributed by atoms with E-state index < -0.39 is 17.7 Å². The Hall–Kier alpha value is -2.48. The fourth-order valence-corrected chi connectivity index (χ4v) is 4.91. The summed E-state index contributed by atoms with van der Waals surface area (Å²) in [6.45, 7) is 6.66. The van der Waals surface area contributed by atoms with Crippen molar-refractivity contribution in [3.63, 3.8) is 0 Å². The van der Waals surface area contributed by atoms with Gasteiger partial charge in [-0.25, -0.2) is 0 Å². The monoisotopic (exact) mass is 440 g/mol. The first-order valence-corrected chi connectivity index (χ1v) is 11.7. The molecule has 1 N–H and O–H groups in total. The van der Waals surface area contributed by atoms with Crippen molar-refractivity contribution in [1.82, 2.24) is 9.80 Å². The number of aliphatic hydroxyl groups is 1. The van der Waals surface area contributed by atoms with Crippen LogP contribution in [-0.2, 0) is 16.0 Å². The quantitative estimate of drug-likeness (QED) is 0.635. The van der Waals surface area contributed by atoms with Crippen molar-refractivity contribution in [2.75, 3.05) is 39.4 Å². The van der Waals surface area contributed by atoms with Gasteiger partial charge >= 0.3 is 0 Å². The van der Waals surface area contributed by atoms with E-state index in [4.69, 9.17) is 4.74 Å². The van der Waals surface area contributed by atoms with E-state index >= 15 is 0 Å². The molecule has 0 saturated carbocycles. The molecule has 7 heteroatoms. The second kappa shape index (κ2) is 9.77. The number of amides is 1. The second-order valence-corrected chi connectivity index (χ2v) is 8.82. The number of hydrogen-bond acceptors (Lipinski definition) is 6. The van der Waals surface area contributed by atoms with Crippen molar-refractivity contribution in [3.8, 4) is 0 Å². The van der Waals surface area contributed by atoms with E-state index in [1.165, 1.54) is 16.9 Å². The molecule has 1 fully saturated rings. The maximum Gasteiger partial charge on any atom is 0.290 e. The minimum Gasteiger partial charge on any atom is -0.503 e. The number of ether oxygens (including phenoxy) is 1. The highest BCUT2D eigenvalue weighted by atomic mass is 32.1. The van der Waals surface area contributed by atoms with E-state index in [9.17, 15) is 14.7 Å². The molecule has 3 heterocycles. The molecule has 0 spiro atoms. The van der Waals surface area contributed by atoms with Crippen LogP contribution in [0.2, 0.25) is 0 Å². The van der Waals surface area contributed by atoms with Crippen LogP contribution in [0.5, 0.6) is 0 Å². The summed E-state index contributed by atoms with van der Waals surface area (Å²) in [5, 5.41) is 12.5. The zero-order valence-electron chi connectivity index (χ0n) is 17.8. The lowest BCUT2D eigenvalue weighted by atomic mass is 9.94. The summed E-state index contributed by atoms with van der Waals surface area (Å²) in [7, 11) is 0. The largest absolute Gasteiger partial charge is 0.503 e. The summed E-state index contributed by atoms with van der Waals surface area (Å²) < 4.78 is 5.40. The number of rotatable bonds is 8. The van der Waals surface area contributed by atoms with Crippen molar-refractivity contribution >= 4 is 23.0 Å². The van der Waals surface area contributed by atoms with Crippen molar-refractivity contribution in [1.29, 1.82) is 0 Å². The summed E-state index contributed by atoms with van der Waals surface area (Å²) >= 11 is 1.32. The van der Waals surface area contributed by atoms with Gasteiger partial charge in [-0.1, -0.05) is 37.3 Å². The Labute approximate surface area is 186 Å². The Morgan fingerprint density at radius 3 is 2.55 bits per heavy atom.